The lowest BCUT2D eigenvalue weighted by Gasteiger charge is -2.12. The maximum absolute atomic E-state index is 10.4. The van der Waals surface area contributed by atoms with Crippen LogP contribution in [0.25, 0.3) is 0 Å². The molecular weight excluding hydrogens is 176 g/mol. The Bertz CT molecular complexity index is 256. The van der Waals surface area contributed by atoms with Crippen LogP contribution < -0.4 is 0 Å². The van der Waals surface area contributed by atoms with Gasteiger partial charge in [0.2, 0.25) is 0 Å². The topological polar surface area (TPSA) is 54.4 Å². The first-order valence-corrected chi connectivity index (χ1v) is 5.82. The molecule has 0 atom stereocenters. The Kier molecular flexibility index (Phi) is 3.29. The summed E-state index contributed by atoms with van der Waals surface area (Å²) in [6, 6.07) is 0. The molecule has 1 saturated carbocycles. The Morgan fingerprint density at radius 3 is 2.33 bits per heavy atom. The summed E-state index contributed by atoms with van der Waals surface area (Å²) >= 11 is 0. The maximum Gasteiger partial charge on any atom is 0.268 e. The van der Waals surface area contributed by atoms with Crippen molar-refractivity contribution < 1.29 is 13.0 Å². The summed E-state index contributed by atoms with van der Waals surface area (Å²) in [4.78, 5) is 0. The van der Waals surface area contributed by atoms with Crippen molar-refractivity contribution in [3.63, 3.8) is 0 Å². The minimum atomic E-state index is -3.80. The van der Waals surface area contributed by atoms with E-state index in [1.54, 1.807) is 6.08 Å². The van der Waals surface area contributed by atoms with Crippen LogP contribution in [0.4, 0.5) is 0 Å². The van der Waals surface area contributed by atoms with Gasteiger partial charge in [0.25, 0.3) is 10.1 Å². The van der Waals surface area contributed by atoms with Gasteiger partial charge in [0, 0.05) is 0 Å². The standard InChI is InChI=1S/C8H14O3S/c9-12(10,11)7-6-8-4-2-1-3-5-8/h6H,1-5,7H2,(H,9,10,11). The van der Waals surface area contributed by atoms with E-state index in [1.807, 2.05) is 0 Å². The van der Waals surface area contributed by atoms with E-state index in [0.717, 1.165) is 25.7 Å². The molecule has 70 valence electrons. The Balaban J connectivity index is 2.45. The zero-order valence-electron chi connectivity index (χ0n) is 6.99. The second kappa shape index (κ2) is 4.05. The van der Waals surface area contributed by atoms with Crippen molar-refractivity contribution in [1.82, 2.24) is 0 Å². The van der Waals surface area contributed by atoms with Crippen LogP contribution in [0.5, 0.6) is 0 Å². The van der Waals surface area contributed by atoms with E-state index in [2.05, 4.69) is 0 Å². The molecule has 12 heavy (non-hydrogen) atoms. The first kappa shape index (κ1) is 9.74. The van der Waals surface area contributed by atoms with Gasteiger partial charge in [-0.2, -0.15) is 8.42 Å². The lowest BCUT2D eigenvalue weighted by molar-refractivity contribution is 0.486. The molecule has 0 amide bonds. The average Bonchev–Trinajstić information content (AvgIpc) is 2.02. The maximum atomic E-state index is 10.4. The zero-order valence-corrected chi connectivity index (χ0v) is 7.81. The van der Waals surface area contributed by atoms with Crippen LogP contribution >= 0.6 is 0 Å². The lowest BCUT2D eigenvalue weighted by atomic mass is 9.95. The summed E-state index contributed by atoms with van der Waals surface area (Å²) in [5.41, 5.74) is 1.18. The van der Waals surface area contributed by atoms with Gasteiger partial charge in [-0.25, -0.2) is 0 Å². The summed E-state index contributed by atoms with van der Waals surface area (Å²) in [6.45, 7) is 0. The van der Waals surface area contributed by atoms with Crippen LogP contribution in [-0.4, -0.2) is 18.7 Å². The third-order valence-corrected chi connectivity index (χ3v) is 2.67. The minimum absolute atomic E-state index is 0.220. The fourth-order valence-electron chi connectivity index (χ4n) is 1.43. The monoisotopic (exact) mass is 190 g/mol. The summed E-state index contributed by atoms with van der Waals surface area (Å²) in [5.74, 6) is -0.220. The first-order chi connectivity index (χ1) is 5.58. The third kappa shape index (κ3) is 3.88. The zero-order chi connectivity index (χ0) is 9.03. The summed E-state index contributed by atoms with van der Waals surface area (Å²) in [6.07, 6.45) is 7.18. The number of rotatable bonds is 2. The fraction of sp³-hybridized carbons (Fsp3) is 0.750. The highest BCUT2D eigenvalue weighted by Gasteiger charge is 2.07. The van der Waals surface area contributed by atoms with E-state index < -0.39 is 10.1 Å². The van der Waals surface area contributed by atoms with E-state index in [9.17, 15) is 8.42 Å². The van der Waals surface area contributed by atoms with Crippen LogP contribution in [0.15, 0.2) is 11.6 Å². The lowest BCUT2D eigenvalue weighted by Crippen LogP contribution is -2.03. The minimum Gasteiger partial charge on any atom is -0.285 e. The molecule has 0 aliphatic heterocycles. The highest BCUT2D eigenvalue weighted by Crippen LogP contribution is 2.22. The van der Waals surface area contributed by atoms with Crippen LogP contribution in [0.1, 0.15) is 32.1 Å². The van der Waals surface area contributed by atoms with Gasteiger partial charge in [-0.1, -0.05) is 18.1 Å². The largest absolute Gasteiger partial charge is 0.285 e. The molecule has 1 aliphatic carbocycles. The van der Waals surface area contributed by atoms with Crippen molar-refractivity contribution in [2.45, 2.75) is 32.1 Å². The normalized spacial score (nSPS) is 19.2. The van der Waals surface area contributed by atoms with Gasteiger partial charge in [0.05, 0.1) is 5.75 Å². The Hall–Kier alpha value is -0.350. The predicted molar refractivity (Wildman–Crippen MR) is 47.6 cm³/mol. The van der Waals surface area contributed by atoms with Crippen LogP contribution in [0.3, 0.4) is 0 Å². The van der Waals surface area contributed by atoms with Crippen molar-refractivity contribution >= 4 is 10.1 Å². The smallest absolute Gasteiger partial charge is 0.268 e. The van der Waals surface area contributed by atoms with Gasteiger partial charge in [-0.3, -0.25) is 4.55 Å². The van der Waals surface area contributed by atoms with Gasteiger partial charge >= 0.3 is 0 Å². The molecule has 0 aromatic heterocycles. The molecule has 0 spiro atoms. The molecule has 1 fully saturated rings. The summed E-state index contributed by atoms with van der Waals surface area (Å²) < 4.78 is 29.2. The van der Waals surface area contributed by atoms with Crippen molar-refractivity contribution in [3.05, 3.63) is 11.6 Å². The van der Waals surface area contributed by atoms with Crippen LogP contribution in [0, 0.1) is 0 Å². The molecular formula is C8H14O3S. The van der Waals surface area contributed by atoms with E-state index in [4.69, 9.17) is 4.55 Å². The molecule has 1 aliphatic rings. The molecule has 0 saturated heterocycles. The molecule has 0 heterocycles. The molecule has 0 radical (unpaired) electrons. The summed E-state index contributed by atoms with van der Waals surface area (Å²) in [7, 11) is -3.80. The Morgan fingerprint density at radius 1 is 1.25 bits per heavy atom. The molecule has 4 heteroatoms. The highest BCUT2D eigenvalue weighted by atomic mass is 32.2. The second-order valence-electron chi connectivity index (χ2n) is 3.17. The quantitative estimate of drug-likeness (QED) is 0.533. The Labute approximate surface area is 73.2 Å². The van der Waals surface area contributed by atoms with Crippen LogP contribution in [-0.2, 0) is 10.1 Å². The van der Waals surface area contributed by atoms with Gasteiger partial charge in [0.1, 0.15) is 0 Å². The third-order valence-electron chi connectivity index (χ3n) is 2.08. The number of hydrogen-bond donors (Lipinski definition) is 1. The van der Waals surface area contributed by atoms with Gasteiger partial charge < -0.3 is 0 Å². The molecule has 0 unspecified atom stereocenters. The van der Waals surface area contributed by atoms with E-state index in [1.165, 1.54) is 12.0 Å². The molecule has 0 bridgehead atoms. The highest BCUT2D eigenvalue weighted by molar-refractivity contribution is 7.85. The number of allylic oxidation sites excluding steroid dienone is 1. The molecule has 3 nitrogen and oxygen atoms in total. The van der Waals surface area contributed by atoms with Crippen molar-refractivity contribution in [3.8, 4) is 0 Å². The van der Waals surface area contributed by atoms with Crippen molar-refractivity contribution in [2.75, 3.05) is 5.75 Å². The fourth-order valence-corrected chi connectivity index (χ4v) is 1.88. The van der Waals surface area contributed by atoms with Gasteiger partial charge in [-0.15, -0.1) is 0 Å². The van der Waals surface area contributed by atoms with E-state index in [0.29, 0.717) is 0 Å². The Morgan fingerprint density at radius 2 is 1.83 bits per heavy atom. The summed E-state index contributed by atoms with van der Waals surface area (Å²) in [5, 5.41) is 0. The SMILES string of the molecule is O=S(=O)(O)CC=C1CCCCC1. The van der Waals surface area contributed by atoms with E-state index >= 15 is 0 Å². The molecule has 1 N–H and O–H groups in total. The molecule has 1 rings (SSSR count). The van der Waals surface area contributed by atoms with Gasteiger partial charge in [0.15, 0.2) is 0 Å². The van der Waals surface area contributed by atoms with Crippen molar-refractivity contribution in [2.24, 2.45) is 0 Å². The number of hydrogen-bond acceptors (Lipinski definition) is 2. The first-order valence-electron chi connectivity index (χ1n) is 4.21. The van der Waals surface area contributed by atoms with Crippen molar-refractivity contribution in [1.29, 1.82) is 0 Å². The average molecular weight is 190 g/mol. The van der Waals surface area contributed by atoms with Gasteiger partial charge in [-0.05, 0) is 25.7 Å². The molecule has 0 aromatic carbocycles. The predicted octanol–water partition coefficient (Wildman–Crippen LogP) is 1.76. The van der Waals surface area contributed by atoms with E-state index in [-0.39, 0.29) is 5.75 Å². The molecule has 0 aromatic rings. The second-order valence-corrected chi connectivity index (χ2v) is 4.67. The van der Waals surface area contributed by atoms with Crippen LogP contribution in [0.2, 0.25) is 0 Å².